The second kappa shape index (κ2) is 3.97. The Hall–Kier alpha value is -0.0800. The molecule has 0 aromatic carbocycles. The van der Waals surface area contributed by atoms with Crippen LogP contribution in [-0.4, -0.2) is 29.6 Å². The molecule has 2 aliphatic rings. The van der Waals surface area contributed by atoms with Crippen molar-refractivity contribution in [3.63, 3.8) is 0 Å². The van der Waals surface area contributed by atoms with Crippen molar-refractivity contribution >= 4 is 0 Å². The van der Waals surface area contributed by atoms with Crippen LogP contribution in [0.1, 0.15) is 45.4 Å². The van der Waals surface area contributed by atoms with Crippen molar-refractivity contribution in [2.24, 2.45) is 5.73 Å². The highest BCUT2D eigenvalue weighted by Gasteiger charge is 2.31. The van der Waals surface area contributed by atoms with Gasteiger partial charge in [-0.1, -0.05) is 12.8 Å². The molecular weight excluding hydrogens is 160 g/mol. The molecule has 0 spiro atoms. The fourth-order valence-electron chi connectivity index (χ4n) is 2.95. The lowest BCUT2D eigenvalue weighted by Gasteiger charge is -2.41. The van der Waals surface area contributed by atoms with Crippen LogP contribution in [0.25, 0.3) is 0 Å². The van der Waals surface area contributed by atoms with Crippen LogP contribution in [0.4, 0.5) is 0 Å². The fraction of sp³-hybridized carbons (Fsp3) is 1.00. The van der Waals surface area contributed by atoms with E-state index in [1.807, 2.05) is 0 Å². The summed E-state index contributed by atoms with van der Waals surface area (Å²) >= 11 is 0. The lowest BCUT2D eigenvalue weighted by atomic mass is 9.96. The summed E-state index contributed by atoms with van der Waals surface area (Å²) in [4.78, 5) is 2.67. The van der Waals surface area contributed by atoms with Crippen LogP contribution in [0, 0.1) is 0 Å². The van der Waals surface area contributed by atoms with Crippen LogP contribution in [0.3, 0.4) is 0 Å². The van der Waals surface area contributed by atoms with Crippen molar-refractivity contribution in [2.75, 3.05) is 6.54 Å². The second-order valence-electron chi connectivity index (χ2n) is 4.72. The van der Waals surface area contributed by atoms with E-state index >= 15 is 0 Å². The molecule has 1 aliphatic carbocycles. The first kappa shape index (κ1) is 9.47. The van der Waals surface area contributed by atoms with Crippen LogP contribution in [-0.2, 0) is 0 Å². The number of hydrogen-bond acceptors (Lipinski definition) is 2. The smallest absolute Gasteiger partial charge is 0.0221 e. The van der Waals surface area contributed by atoms with Crippen LogP contribution in [0.5, 0.6) is 0 Å². The van der Waals surface area contributed by atoms with Gasteiger partial charge in [-0.25, -0.2) is 0 Å². The topological polar surface area (TPSA) is 29.3 Å². The molecule has 2 fully saturated rings. The van der Waals surface area contributed by atoms with Gasteiger partial charge in [-0.05, 0) is 39.2 Å². The SMILES string of the molecule is CC1C(N)CCCN1C1CCCC1. The van der Waals surface area contributed by atoms with Gasteiger partial charge >= 0.3 is 0 Å². The van der Waals surface area contributed by atoms with Crippen molar-refractivity contribution in [2.45, 2.75) is 63.6 Å². The van der Waals surface area contributed by atoms with Gasteiger partial charge in [0.25, 0.3) is 0 Å². The molecule has 2 N–H and O–H groups in total. The molecule has 2 heteroatoms. The molecule has 1 heterocycles. The maximum absolute atomic E-state index is 6.09. The molecule has 0 aromatic rings. The van der Waals surface area contributed by atoms with Crippen LogP contribution < -0.4 is 5.73 Å². The van der Waals surface area contributed by atoms with E-state index in [0.717, 1.165) is 6.04 Å². The molecule has 2 unspecified atom stereocenters. The molecule has 76 valence electrons. The van der Waals surface area contributed by atoms with Crippen LogP contribution in [0.2, 0.25) is 0 Å². The van der Waals surface area contributed by atoms with Crippen molar-refractivity contribution in [1.29, 1.82) is 0 Å². The molecule has 2 rings (SSSR count). The number of nitrogens with two attached hydrogens (primary N) is 1. The van der Waals surface area contributed by atoms with E-state index in [4.69, 9.17) is 5.73 Å². The van der Waals surface area contributed by atoms with E-state index in [-0.39, 0.29) is 0 Å². The molecule has 0 bridgehead atoms. The Kier molecular flexibility index (Phi) is 2.89. The number of hydrogen-bond donors (Lipinski definition) is 1. The van der Waals surface area contributed by atoms with Gasteiger partial charge in [0.2, 0.25) is 0 Å². The van der Waals surface area contributed by atoms with Gasteiger partial charge in [0.15, 0.2) is 0 Å². The van der Waals surface area contributed by atoms with Crippen molar-refractivity contribution in [3.05, 3.63) is 0 Å². The minimum atomic E-state index is 0.425. The van der Waals surface area contributed by atoms with E-state index < -0.39 is 0 Å². The molecule has 0 amide bonds. The third-order valence-electron chi connectivity index (χ3n) is 3.89. The number of rotatable bonds is 1. The molecular formula is C11H22N2. The zero-order chi connectivity index (χ0) is 9.26. The predicted molar refractivity (Wildman–Crippen MR) is 55.6 cm³/mol. The zero-order valence-corrected chi connectivity index (χ0v) is 8.71. The van der Waals surface area contributed by atoms with Gasteiger partial charge in [0.05, 0.1) is 0 Å². The Bertz CT molecular complexity index is 161. The van der Waals surface area contributed by atoms with Gasteiger partial charge in [0, 0.05) is 18.1 Å². The molecule has 1 saturated carbocycles. The van der Waals surface area contributed by atoms with Crippen molar-refractivity contribution < 1.29 is 0 Å². The second-order valence-corrected chi connectivity index (χ2v) is 4.72. The van der Waals surface area contributed by atoms with E-state index in [9.17, 15) is 0 Å². The minimum Gasteiger partial charge on any atom is -0.326 e. The third-order valence-corrected chi connectivity index (χ3v) is 3.89. The van der Waals surface area contributed by atoms with Crippen LogP contribution >= 0.6 is 0 Å². The maximum atomic E-state index is 6.09. The standard InChI is InChI=1S/C11H22N2/c1-9-11(12)7-4-8-13(9)10-5-2-3-6-10/h9-11H,2-8,12H2,1H3. The molecule has 1 saturated heterocycles. The number of piperidine rings is 1. The third kappa shape index (κ3) is 1.89. The quantitative estimate of drug-likeness (QED) is 0.669. The highest BCUT2D eigenvalue weighted by atomic mass is 15.2. The summed E-state index contributed by atoms with van der Waals surface area (Å²) in [5.74, 6) is 0. The minimum absolute atomic E-state index is 0.425. The molecule has 1 aliphatic heterocycles. The Morgan fingerprint density at radius 1 is 1.08 bits per heavy atom. The Balaban J connectivity index is 1.95. The summed E-state index contributed by atoms with van der Waals surface area (Å²) < 4.78 is 0. The normalized spacial score (nSPS) is 38.3. The summed E-state index contributed by atoms with van der Waals surface area (Å²) in [6.07, 6.45) is 8.23. The average molecular weight is 182 g/mol. The lowest BCUT2D eigenvalue weighted by Crippen LogP contribution is -2.53. The fourth-order valence-corrected chi connectivity index (χ4v) is 2.95. The van der Waals surface area contributed by atoms with Gasteiger partial charge in [-0.15, -0.1) is 0 Å². The number of likely N-dealkylation sites (tertiary alicyclic amines) is 1. The first-order chi connectivity index (χ1) is 6.29. The van der Waals surface area contributed by atoms with Crippen molar-refractivity contribution in [1.82, 2.24) is 4.90 Å². The first-order valence-electron chi connectivity index (χ1n) is 5.80. The Morgan fingerprint density at radius 3 is 2.46 bits per heavy atom. The molecule has 13 heavy (non-hydrogen) atoms. The number of nitrogens with zero attached hydrogens (tertiary/aromatic N) is 1. The lowest BCUT2D eigenvalue weighted by molar-refractivity contribution is 0.0924. The zero-order valence-electron chi connectivity index (χ0n) is 8.71. The average Bonchev–Trinajstić information content (AvgIpc) is 2.62. The van der Waals surface area contributed by atoms with E-state index in [1.165, 1.54) is 45.1 Å². The van der Waals surface area contributed by atoms with E-state index in [0.29, 0.717) is 12.1 Å². The van der Waals surface area contributed by atoms with Gasteiger partial charge < -0.3 is 5.73 Å². The highest BCUT2D eigenvalue weighted by Crippen LogP contribution is 2.28. The summed E-state index contributed by atoms with van der Waals surface area (Å²) in [5, 5.41) is 0. The Labute approximate surface area is 81.5 Å². The molecule has 0 radical (unpaired) electrons. The summed E-state index contributed by atoms with van der Waals surface area (Å²) in [6, 6.07) is 1.91. The Morgan fingerprint density at radius 2 is 1.77 bits per heavy atom. The van der Waals surface area contributed by atoms with Gasteiger partial charge in [-0.3, -0.25) is 4.90 Å². The largest absolute Gasteiger partial charge is 0.326 e. The van der Waals surface area contributed by atoms with E-state index in [1.54, 1.807) is 0 Å². The summed E-state index contributed by atoms with van der Waals surface area (Å²) in [7, 11) is 0. The monoisotopic (exact) mass is 182 g/mol. The molecule has 0 aromatic heterocycles. The van der Waals surface area contributed by atoms with E-state index in [2.05, 4.69) is 11.8 Å². The van der Waals surface area contributed by atoms with Crippen molar-refractivity contribution in [3.8, 4) is 0 Å². The highest BCUT2D eigenvalue weighted by molar-refractivity contribution is 4.89. The van der Waals surface area contributed by atoms with Crippen LogP contribution in [0.15, 0.2) is 0 Å². The maximum Gasteiger partial charge on any atom is 0.0221 e. The molecule has 2 nitrogen and oxygen atoms in total. The molecule has 2 atom stereocenters. The van der Waals surface area contributed by atoms with Gasteiger partial charge in [0.1, 0.15) is 0 Å². The summed E-state index contributed by atoms with van der Waals surface area (Å²) in [6.45, 7) is 3.60. The predicted octanol–water partition coefficient (Wildman–Crippen LogP) is 1.74. The van der Waals surface area contributed by atoms with Gasteiger partial charge in [-0.2, -0.15) is 0 Å². The first-order valence-corrected chi connectivity index (χ1v) is 5.80. The summed E-state index contributed by atoms with van der Waals surface area (Å²) in [5.41, 5.74) is 6.09.